The first-order valence-corrected chi connectivity index (χ1v) is 10.5. The maximum atomic E-state index is 12.6. The first-order chi connectivity index (χ1) is 16.5. The lowest BCUT2D eigenvalue weighted by Crippen LogP contribution is -2.44. The summed E-state index contributed by atoms with van der Waals surface area (Å²) < 4.78 is 31.7. The number of nitrogens with zero attached hydrogens (tertiary/aromatic N) is 2. The third kappa shape index (κ3) is 9.46. The molecule has 0 atom stereocenters. The number of aliphatic carboxylic acids is 2. The van der Waals surface area contributed by atoms with E-state index >= 15 is 0 Å². The van der Waals surface area contributed by atoms with E-state index in [0.29, 0.717) is 5.56 Å². The van der Waals surface area contributed by atoms with Gasteiger partial charge >= 0.3 is 18.1 Å². The standard InChI is InChI=1S/C23H24N2O3.C2HF3O2/c1-24-12-14-25(15-13-24)21-7-3-6-20(17-21)22(26)10-8-18-4-2-5-19(16-18)9-11-23(27)28;3-2(4,5)1(6)7/h2-11,16-17H,12-15H2,1H3,(H,27,28);(H,6,7). The number of hydrogen-bond acceptors (Lipinski definition) is 5. The van der Waals surface area contributed by atoms with Crippen molar-refractivity contribution in [2.75, 3.05) is 38.1 Å². The van der Waals surface area contributed by atoms with Crippen molar-refractivity contribution in [2.45, 2.75) is 6.18 Å². The molecule has 0 bridgehead atoms. The van der Waals surface area contributed by atoms with Crippen LogP contribution < -0.4 is 4.90 Å². The van der Waals surface area contributed by atoms with Gasteiger partial charge in [0.15, 0.2) is 5.78 Å². The number of alkyl halides is 3. The molecule has 2 N–H and O–H groups in total. The number of rotatable bonds is 6. The number of piperazine rings is 1. The van der Waals surface area contributed by atoms with Gasteiger partial charge in [0.1, 0.15) is 0 Å². The Morgan fingerprint density at radius 1 is 0.857 bits per heavy atom. The van der Waals surface area contributed by atoms with Gasteiger partial charge in [0.05, 0.1) is 0 Å². The molecule has 0 saturated carbocycles. The summed E-state index contributed by atoms with van der Waals surface area (Å²) in [6.07, 6.45) is 0.852. The topological polar surface area (TPSA) is 98.2 Å². The molecule has 0 radical (unpaired) electrons. The van der Waals surface area contributed by atoms with Crippen LogP contribution in [0.1, 0.15) is 21.5 Å². The van der Waals surface area contributed by atoms with E-state index in [-0.39, 0.29) is 5.78 Å². The van der Waals surface area contributed by atoms with E-state index in [2.05, 4.69) is 16.8 Å². The molecule has 1 aliphatic rings. The van der Waals surface area contributed by atoms with Gasteiger partial charge in [-0.3, -0.25) is 4.79 Å². The summed E-state index contributed by atoms with van der Waals surface area (Å²) in [5.74, 6) is -3.80. The number of allylic oxidation sites excluding steroid dienone is 1. The summed E-state index contributed by atoms with van der Waals surface area (Å²) in [7, 11) is 2.12. The van der Waals surface area contributed by atoms with Gasteiger partial charge in [-0.2, -0.15) is 13.2 Å². The lowest BCUT2D eigenvalue weighted by atomic mass is 10.1. The van der Waals surface area contributed by atoms with Crippen LogP contribution in [0.15, 0.2) is 60.7 Å². The zero-order valence-corrected chi connectivity index (χ0v) is 18.9. The second kappa shape index (κ2) is 12.5. The van der Waals surface area contributed by atoms with Crippen LogP contribution in [0.3, 0.4) is 0 Å². The van der Waals surface area contributed by atoms with Crippen molar-refractivity contribution in [1.82, 2.24) is 4.90 Å². The number of carbonyl (C=O) groups is 3. The summed E-state index contributed by atoms with van der Waals surface area (Å²) >= 11 is 0. The molecule has 1 fully saturated rings. The first-order valence-electron chi connectivity index (χ1n) is 10.5. The van der Waals surface area contributed by atoms with E-state index in [4.69, 9.17) is 15.0 Å². The van der Waals surface area contributed by atoms with Gasteiger partial charge in [-0.05, 0) is 48.5 Å². The molecule has 0 amide bonds. The van der Waals surface area contributed by atoms with Crippen molar-refractivity contribution in [3.63, 3.8) is 0 Å². The van der Waals surface area contributed by atoms with Crippen LogP contribution in [0.25, 0.3) is 12.2 Å². The highest BCUT2D eigenvalue weighted by molar-refractivity contribution is 6.07. The Kier molecular flexibility index (Phi) is 9.77. The zero-order chi connectivity index (χ0) is 26.0. The monoisotopic (exact) mass is 490 g/mol. The third-order valence-electron chi connectivity index (χ3n) is 5.00. The van der Waals surface area contributed by atoms with Crippen LogP contribution in [0.2, 0.25) is 0 Å². The molecule has 0 aromatic heterocycles. The van der Waals surface area contributed by atoms with Crippen molar-refractivity contribution in [1.29, 1.82) is 0 Å². The molecule has 186 valence electrons. The second-order valence-corrected chi connectivity index (χ2v) is 7.68. The SMILES string of the molecule is CN1CCN(c2cccc(C(=O)C=Cc3cccc(C=CC(=O)O)c3)c2)CC1.O=C(O)C(F)(F)F. The summed E-state index contributed by atoms with van der Waals surface area (Å²) in [5.41, 5.74) is 3.35. The number of benzene rings is 2. The number of carboxylic acid groups (broad SMARTS) is 2. The van der Waals surface area contributed by atoms with Crippen LogP contribution in [-0.2, 0) is 9.59 Å². The molecular weight excluding hydrogens is 465 g/mol. The van der Waals surface area contributed by atoms with Gasteiger partial charge in [-0.15, -0.1) is 0 Å². The van der Waals surface area contributed by atoms with Gasteiger partial charge in [0.2, 0.25) is 0 Å². The zero-order valence-electron chi connectivity index (χ0n) is 18.9. The fourth-order valence-electron chi connectivity index (χ4n) is 3.12. The van der Waals surface area contributed by atoms with E-state index in [1.165, 1.54) is 6.08 Å². The molecule has 2 aromatic rings. The Labute approximate surface area is 200 Å². The molecule has 0 aliphatic carbocycles. The number of ketones is 1. The largest absolute Gasteiger partial charge is 0.490 e. The number of hydrogen-bond donors (Lipinski definition) is 2. The smallest absolute Gasteiger partial charge is 0.478 e. The summed E-state index contributed by atoms with van der Waals surface area (Å²) in [5, 5.41) is 15.8. The van der Waals surface area contributed by atoms with Crippen molar-refractivity contribution < 1.29 is 37.8 Å². The van der Waals surface area contributed by atoms with Crippen LogP contribution in [0, 0.1) is 0 Å². The lowest BCUT2D eigenvalue weighted by Gasteiger charge is -2.34. The highest BCUT2D eigenvalue weighted by Gasteiger charge is 2.38. The molecule has 0 unspecified atom stereocenters. The average Bonchev–Trinajstić information content (AvgIpc) is 2.82. The van der Waals surface area contributed by atoms with Crippen LogP contribution in [-0.4, -0.2) is 72.2 Å². The number of anilines is 1. The second-order valence-electron chi connectivity index (χ2n) is 7.68. The maximum absolute atomic E-state index is 12.6. The van der Waals surface area contributed by atoms with Gasteiger partial charge in [-0.1, -0.05) is 36.4 Å². The van der Waals surface area contributed by atoms with E-state index in [1.54, 1.807) is 12.2 Å². The summed E-state index contributed by atoms with van der Waals surface area (Å²) in [6, 6.07) is 15.1. The van der Waals surface area contributed by atoms with Gasteiger partial charge in [-0.25, -0.2) is 9.59 Å². The quantitative estimate of drug-likeness (QED) is 0.465. The fraction of sp³-hybridized carbons (Fsp3) is 0.240. The Morgan fingerprint density at radius 3 is 1.94 bits per heavy atom. The molecule has 1 heterocycles. The molecule has 3 rings (SSSR count). The number of carboxylic acids is 2. The summed E-state index contributed by atoms with van der Waals surface area (Å²) in [4.78, 5) is 36.7. The molecular formula is C25H25F3N2O5. The molecule has 1 saturated heterocycles. The van der Waals surface area contributed by atoms with E-state index in [9.17, 15) is 22.8 Å². The molecule has 1 aliphatic heterocycles. The molecule has 7 nitrogen and oxygen atoms in total. The molecule has 0 spiro atoms. The summed E-state index contributed by atoms with van der Waals surface area (Å²) in [6.45, 7) is 3.96. The first kappa shape index (κ1) is 27.3. The van der Waals surface area contributed by atoms with E-state index < -0.39 is 18.1 Å². The number of halogens is 3. The predicted octanol–water partition coefficient (Wildman–Crippen LogP) is 4.07. The predicted molar refractivity (Wildman–Crippen MR) is 126 cm³/mol. The Hall–Kier alpha value is -3.92. The number of carbonyl (C=O) groups excluding carboxylic acids is 1. The molecule has 10 heteroatoms. The maximum Gasteiger partial charge on any atom is 0.490 e. The highest BCUT2D eigenvalue weighted by atomic mass is 19.4. The van der Waals surface area contributed by atoms with Crippen LogP contribution in [0.4, 0.5) is 18.9 Å². The molecule has 2 aromatic carbocycles. The van der Waals surface area contributed by atoms with Gasteiger partial charge < -0.3 is 20.0 Å². The Balaban J connectivity index is 0.000000540. The average molecular weight is 490 g/mol. The minimum atomic E-state index is -5.08. The van der Waals surface area contributed by atoms with Crippen molar-refractivity contribution in [3.05, 3.63) is 77.4 Å². The van der Waals surface area contributed by atoms with E-state index in [1.807, 2.05) is 48.5 Å². The fourth-order valence-corrected chi connectivity index (χ4v) is 3.12. The van der Waals surface area contributed by atoms with Gasteiger partial charge in [0, 0.05) is 43.5 Å². The van der Waals surface area contributed by atoms with Crippen LogP contribution in [0.5, 0.6) is 0 Å². The molecule has 35 heavy (non-hydrogen) atoms. The Morgan fingerprint density at radius 2 is 1.40 bits per heavy atom. The van der Waals surface area contributed by atoms with E-state index in [0.717, 1.165) is 49.1 Å². The minimum Gasteiger partial charge on any atom is -0.478 e. The normalized spacial score (nSPS) is 14.6. The lowest BCUT2D eigenvalue weighted by molar-refractivity contribution is -0.192. The number of likely N-dealkylation sites (N-methyl/N-ethyl adjacent to an activating group) is 1. The highest BCUT2D eigenvalue weighted by Crippen LogP contribution is 2.19. The van der Waals surface area contributed by atoms with Crippen molar-refractivity contribution >= 4 is 35.6 Å². The Bertz CT molecular complexity index is 1100. The van der Waals surface area contributed by atoms with Crippen LogP contribution >= 0.6 is 0 Å². The van der Waals surface area contributed by atoms with Crippen molar-refractivity contribution in [2.24, 2.45) is 0 Å². The minimum absolute atomic E-state index is 0.0533. The van der Waals surface area contributed by atoms with Gasteiger partial charge in [0.25, 0.3) is 0 Å². The van der Waals surface area contributed by atoms with Crippen molar-refractivity contribution in [3.8, 4) is 0 Å². The third-order valence-corrected chi connectivity index (χ3v) is 5.00.